The lowest BCUT2D eigenvalue weighted by Crippen LogP contribution is -2.48. The van der Waals surface area contributed by atoms with Crippen molar-refractivity contribution in [1.82, 2.24) is 30.5 Å². The number of likely N-dealkylation sites (tertiary alicyclic amines) is 1. The minimum Gasteiger partial charge on any atom is -0.395 e. The molecule has 1 aromatic carbocycles. The Balaban J connectivity index is 1.59. The number of rotatable bonds is 6. The van der Waals surface area contributed by atoms with E-state index in [0.717, 1.165) is 5.52 Å². The van der Waals surface area contributed by atoms with Gasteiger partial charge in [0.25, 0.3) is 0 Å². The SMILES string of the molecule is CNC(=O)[C@H]1[C@@H]2C(=O)N(CCO)[C@H](C(=O)NCn3nnc4ccccc43)[C@H]2C=C[C@H]1C. The van der Waals surface area contributed by atoms with Crippen LogP contribution in [0.5, 0.6) is 0 Å². The molecule has 0 bridgehead atoms. The zero-order chi connectivity index (χ0) is 22.1. The molecule has 3 N–H and O–H groups in total. The monoisotopic (exact) mass is 426 g/mol. The summed E-state index contributed by atoms with van der Waals surface area (Å²) >= 11 is 0. The normalized spacial score (nSPS) is 27.4. The fourth-order valence-electron chi connectivity index (χ4n) is 4.80. The smallest absolute Gasteiger partial charge is 0.244 e. The topological polar surface area (TPSA) is 129 Å². The molecule has 2 heterocycles. The predicted octanol–water partition coefficient (Wildman–Crippen LogP) is -0.491. The molecule has 31 heavy (non-hydrogen) atoms. The molecule has 5 atom stereocenters. The van der Waals surface area contributed by atoms with Gasteiger partial charge in [0.15, 0.2) is 0 Å². The van der Waals surface area contributed by atoms with E-state index in [4.69, 9.17) is 0 Å². The van der Waals surface area contributed by atoms with Crippen LogP contribution in [0.1, 0.15) is 6.92 Å². The fraction of sp³-hybridized carbons (Fsp3) is 0.476. The Kier molecular flexibility index (Phi) is 5.73. The molecule has 3 amide bonds. The second-order valence-electron chi connectivity index (χ2n) is 7.96. The van der Waals surface area contributed by atoms with Crippen LogP contribution in [0, 0.1) is 23.7 Å². The lowest BCUT2D eigenvalue weighted by atomic mass is 9.70. The van der Waals surface area contributed by atoms with Crippen LogP contribution in [0.3, 0.4) is 0 Å². The van der Waals surface area contributed by atoms with Crippen molar-refractivity contribution in [3.05, 3.63) is 36.4 Å². The van der Waals surface area contributed by atoms with E-state index in [0.29, 0.717) is 5.52 Å². The van der Waals surface area contributed by atoms with Crippen molar-refractivity contribution < 1.29 is 19.5 Å². The number of hydrogen-bond acceptors (Lipinski definition) is 6. The molecule has 1 aromatic heterocycles. The average molecular weight is 426 g/mol. The summed E-state index contributed by atoms with van der Waals surface area (Å²) in [6.45, 7) is 1.73. The molecule has 1 aliphatic carbocycles. The Labute approximate surface area is 179 Å². The number of benzene rings is 1. The van der Waals surface area contributed by atoms with E-state index in [9.17, 15) is 19.5 Å². The largest absolute Gasteiger partial charge is 0.395 e. The van der Waals surface area contributed by atoms with E-state index in [1.54, 1.807) is 11.7 Å². The Hall–Kier alpha value is -3.27. The summed E-state index contributed by atoms with van der Waals surface area (Å²) in [6.07, 6.45) is 3.75. The molecular formula is C21H26N6O4. The van der Waals surface area contributed by atoms with Crippen molar-refractivity contribution in [2.24, 2.45) is 23.7 Å². The molecule has 0 saturated carbocycles. The van der Waals surface area contributed by atoms with Gasteiger partial charge < -0.3 is 20.6 Å². The second-order valence-corrected chi connectivity index (χ2v) is 7.96. The number of hydrogen-bond donors (Lipinski definition) is 3. The van der Waals surface area contributed by atoms with Gasteiger partial charge in [-0.05, 0) is 18.1 Å². The van der Waals surface area contributed by atoms with Gasteiger partial charge in [0.2, 0.25) is 17.7 Å². The maximum Gasteiger partial charge on any atom is 0.244 e. The van der Waals surface area contributed by atoms with Gasteiger partial charge in [0.1, 0.15) is 18.2 Å². The van der Waals surface area contributed by atoms with Gasteiger partial charge in [0, 0.05) is 19.5 Å². The van der Waals surface area contributed by atoms with Crippen LogP contribution < -0.4 is 10.6 Å². The van der Waals surface area contributed by atoms with Crippen LogP contribution >= 0.6 is 0 Å². The molecule has 0 unspecified atom stereocenters. The van der Waals surface area contributed by atoms with Crippen LogP contribution in [-0.4, -0.2) is 69.0 Å². The second kappa shape index (κ2) is 8.46. The lowest BCUT2D eigenvalue weighted by Gasteiger charge is -2.32. The molecule has 2 aliphatic rings. The van der Waals surface area contributed by atoms with E-state index in [-0.39, 0.29) is 43.5 Å². The first-order valence-electron chi connectivity index (χ1n) is 10.3. The number of para-hydroxylation sites is 1. The van der Waals surface area contributed by atoms with Gasteiger partial charge >= 0.3 is 0 Å². The number of amides is 3. The third kappa shape index (κ3) is 3.56. The molecular weight excluding hydrogens is 400 g/mol. The number of β-amino-alcohol motifs (C(OH)–C–C–N with tert-alkyl or cyclic N) is 1. The van der Waals surface area contributed by atoms with Gasteiger partial charge in [-0.1, -0.05) is 36.4 Å². The van der Waals surface area contributed by atoms with E-state index in [2.05, 4.69) is 20.9 Å². The number of aromatic nitrogens is 3. The van der Waals surface area contributed by atoms with Crippen LogP contribution in [0.4, 0.5) is 0 Å². The molecule has 4 rings (SSSR count). The van der Waals surface area contributed by atoms with Crippen molar-refractivity contribution in [3.63, 3.8) is 0 Å². The molecule has 10 heteroatoms. The van der Waals surface area contributed by atoms with Gasteiger partial charge in [-0.2, -0.15) is 0 Å². The minimum absolute atomic E-state index is 0.0266. The lowest BCUT2D eigenvalue weighted by molar-refractivity contribution is -0.141. The van der Waals surface area contributed by atoms with Crippen molar-refractivity contribution in [3.8, 4) is 0 Å². The minimum atomic E-state index is -0.810. The highest BCUT2D eigenvalue weighted by molar-refractivity contribution is 5.96. The number of fused-ring (bicyclic) bond motifs is 2. The van der Waals surface area contributed by atoms with E-state index in [1.165, 1.54) is 4.90 Å². The van der Waals surface area contributed by atoms with Gasteiger partial charge in [-0.15, -0.1) is 5.10 Å². The van der Waals surface area contributed by atoms with Gasteiger partial charge in [-0.25, -0.2) is 4.68 Å². The standard InChI is InChI=1S/C21H26N6O4/c1-12-7-8-13-17(16(12)19(29)22-2)21(31)26(9-10-28)18(13)20(30)23-11-27-15-6-4-3-5-14(15)24-25-27/h3-8,12-13,16-18,28H,9-11H2,1-2H3,(H,22,29)(H,23,30)/t12-,13+,16-,17-,18+/m1/s1. The molecule has 2 aromatic rings. The average Bonchev–Trinajstić information content (AvgIpc) is 3.31. The number of carbonyl (C=O) groups is 3. The van der Waals surface area contributed by atoms with E-state index < -0.39 is 23.8 Å². The summed E-state index contributed by atoms with van der Waals surface area (Å²) in [5.41, 5.74) is 1.49. The summed E-state index contributed by atoms with van der Waals surface area (Å²) in [6, 6.07) is 6.59. The van der Waals surface area contributed by atoms with Gasteiger partial charge in [-0.3, -0.25) is 14.4 Å². The zero-order valence-electron chi connectivity index (χ0n) is 17.4. The number of allylic oxidation sites excluding steroid dienone is 1. The molecule has 1 saturated heterocycles. The maximum atomic E-state index is 13.2. The number of nitrogens with one attached hydrogen (secondary N) is 2. The van der Waals surface area contributed by atoms with Crippen molar-refractivity contribution in [1.29, 1.82) is 0 Å². The molecule has 0 spiro atoms. The Bertz CT molecular complexity index is 1030. The van der Waals surface area contributed by atoms with Crippen molar-refractivity contribution in [2.45, 2.75) is 19.6 Å². The number of aliphatic hydroxyl groups is 1. The van der Waals surface area contributed by atoms with Crippen LogP contribution in [0.25, 0.3) is 11.0 Å². The molecule has 164 valence electrons. The summed E-state index contributed by atoms with van der Waals surface area (Å²) < 4.78 is 1.57. The fourth-order valence-corrected chi connectivity index (χ4v) is 4.80. The number of aliphatic hydroxyl groups excluding tert-OH is 1. The summed E-state index contributed by atoms with van der Waals surface area (Å²) in [5.74, 6) is -2.66. The highest BCUT2D eigenvalue weighted by atomic mass is 16.3. The third-order valence-corrected chi connectivity index (χ3v) is 6.26. The van der Waals surface area contributed by atoms with E-state index in [1.807, 2.05) is 43.3 Å². The molecule has 1 fully saturated rings. The summed E-state index contributed by atoms with van der Waals surface area (Å²) in [5, 5.41) is 23.1. The third-order valence-electron chi connectivity index (χ3n) is 6.26. The first kappa shape index (κ1) is 21.0. The molecule has 1 aliphatic heterocycles. The van der Waals surface area contributed by atoms with Crippen LogP contribution in [-0.2, 0) is 21.1 Å². The molecule has 10 nitrogen and oxygen atoms in total. The number of carbonyl (C=O) groups excluding carboxylic acids is 3. The van der Waals surface area contributed by atoms with Crippen molar-refractivity contribution >= 4 is 28.8 Å². The van der Waals surface area contributed by atoms with Crippen molar-refractivity contribution in [2.75, 3.05) is 20.2 Å². The summed E-state index contributed by atoms with van der Waals surface area (Å²) in [7, 11) is 1.54. The van der Waals surface area contributed by atoms with Gasteiger partial charge in [0.05, 0.1) is 24.0 Å². The van der Waals surface area contributed by atoms with E-state index >= 15 is 0 Å². The first-order chi connectivity index (χ1) is 15.0. The highest BCUT2D eigenvalue weighted by Gasteiger charge is 2.56. The Morgan fingerprint density at radius 1 is 1.19 bits per heavy atom. The Morgan fingerprint density at radius 2 is 1.97 bits per heavy atom. The van der Waals surface area contributed by atoms with Crippen LogP contribution in [0.2, 0.25) is 0 Å². The molecule has 0 radical (unpaired) electrons. The highest BCUT2D eigenvalue weighted by Crippen LogP contribution is 2.43. The zero-order valence-corrected chi connectivity index (χ0v) is 17.4. The number of nitrogens with zero attached hydrogens (tertiary/aromatic N) is 4. The van der Waals surface area contributed by atoms with Crippen LogP contribution in [0.15, 0.2) is 36.4 Å². The quantitative estimate of drug-likeness (QED) is 0.535. The Morgan fingerprint density at radius 3 is 2.71 bits per heavy atom. The maximum absolute atomic E-state index is 13.2. The summed E-state index contributed by atoms with van der Waals surface area (Å²) in [4.78, 5) is 40.3. The predicted molar refractivity (Wildman–Crippen MR) is 111 cm³/mol. The first-order valence-corrected chi connectivity index (χ1v) is 10.3.